The molecule has 0 unspecified atom stereocenters. The fourth-order valence-electron chi connectivity index (χ4n) is 3.97. The highest BCUT2D eigenvalue weighted by molar-refractivity contribution is 6.45. The average molecular weight is 417 g/mol. The van der Waals surface area contributed by atoms with Gasteiger partial charge in [0, 0.05) is 37.3 Å². The summed E-state index contributed by atoms with van der Waals surface area (Å²) in [5, 5.41) is 3.18. The predicted octanol–water partition coefficient (Wildman–Crippen LogP) is 2.66. The van der Waals surface area contributed by atoms with Gasteiger partial charge in [0.15, 0.2) is 0 Å². The van der Waals surface area contributed by atoms with Crippen LogP contribution in [0.2, 0.25) is 0 Å². The summed E-state index contributed by atoms with van der Waals surface area (Å²) in [6, 6.07) is 4.00. The van der Waals surface area contributed by atoms with Crippen LogP contribution < -0.4 is 5.32 Å². The minimum Gasteiger partial charge on any atom is -0.383 e. The molecule has 0 aliphatic heterocycles. The summed E-state index contributed by atoms with van der Waals surface area (Å²) in [6.45, 7) is 0.900. The van der Waals surface area contributed by atoms with E-state index in [4.69, 9.17) is 4.74 Å². The van der Waals surface area contributed by atoms with Gasteiger partial charge in [-0.3, -0.25) is 14.4 Å². The summed E-state index contributed by atoms with van der Waals surface area (Å²) in [5.74, 6) is -1.90. The highest BCUT2D eigenvalue weighted by atomic mass is 19.1. The number of hydrogen-bond acceptors (Lipinski definition) is 4. The molecule has 1 aliphatic carbocycles. The topological polar surface area (TPSA) is 91.5 Å². The summed E-state index contributed by atoms with van der Waals surface area (Å²) in [4.78, 5) is 42.5. The van der Waals surface area contributed by atoms with Gasteiger partial charge in [-0.2, -0.15) is 0 Å². The van der Waals surface area contributed by atoms with Crippen LogP contribution >= 0.6 is 0 Å². The Morgan fingerprint density at radius 2 is 2.00 bits per heavy atom. The van der Waals surface area contributed by atoms with Gasteiger partial charge < -0.3 is 19.9 Å². The zero-order valence-electron chi connectivity index (χ0n) is 17.2. The van der Waals surface area contributed by atoms with Crippen molar-refractivity contribution in [3.05, 3.63) is 35.8 Å². The molecule has 8 heteroatoms. The summed E-state index contributed by atoms with van der Waals surface area (Å²) in [6.07, 6.45) is 6.74. The number of amides is 2. The van der Waals surface area contributed by atoms with Gasteiger partial charge in [-0.25, -0.2) is 4.39 Å². The van der Waals surface area contributed by atoms with E-state index in [1.165, 1.54) is 42.8 Å². The molecule has 1 aliphatic rings. The van der Waals surface area contributed by atoms with Gasteiger partial charge >= 0.3 is 0 Å². The Hall–Kier alpha value is -2.74. The van der Waals surface area contributed by atoms with Crippen LogP contribution in [0.1, 0.15) is 42.5 Å². The average Bonchev–Trinajstić information content (AvgIpc) is 3.16. The number of aromatic amines is 1. The third-order valence-corrected chi connectivity index (χ3v) is 5.54. The molecule has 1 heterocycles. The first-order valence-corrected chi connectivity index (χ1v) is 10.4. The SMILES string of the molecule is COCCNC(=O)CN(CC1CCCCC1)C(=O)C(=O)c1c[nH]c2cc(F)ccc12. The highest BCUT2D eigenvalue weighted by Gasteiger charge is 2.29. The fourth-order valence-corrected chi connectivity index (χ4v) is 3.97. The number of halogens is 1. The molecule has 30 heavy (non-hydrogen) atoms. The number of nitrogens with one attached hydrogen (secondary N) is 2. The van der Waals surface area contributed by atoms with E-state index in [-0.39, 0.29) is 23.9 Å². The van der Waals surface area contributed by atoms with E-state index in [2.05, 4.69) is 10.3 Å². The van der Waals surface area contributed by atoms with Crippen LogP contribution in [0.3, 0.4) is 0 Å². The maximum Gasteiger partial charge on any atom is 0.295 e. The minimum atomic E-state index is -0.715. The zero-order chi connectivity index (χ0) is 21.5. The van der Waals surface area contributed by atoms with Crippen LogP contribution in [0.5, 0.6) is 0 Å². The zero-order valence-corrected chi connectivity index (χ0v) is 17.2. The number of fused-ring (bicyclic) bond motifs is 1. The van der Waals surface area contributed by atoms with Crippen molar-refractivity contribution in [2.24, 2.45) is 5.92 Å². The van der Waals surface area contributed by atoms with Gasteiger partial charge in [0.25, 0.3) is 11.7 Å². The molecule has 1 aromatic carbocycles. The Labute approximate surface area is 174 Å². The number of hydrogen-bond donors (Lipinski definition) is 2. The predicted molar refractivity (Wildman–Crippen MR) is 111 cm³/mol. The second-order valence-corrected chi connectivity index (χ2v) is 7.75. The monoisotopic (exact) mass is 417 g/mol. The molecular formula is C22H28FN3O4. The lowest BCUT2D eigenvalue weighted by atomic mass is 9.89. The molecule has 1 saturated carbocycles. The number of benzene rings is 1. The van der Waals surface area contributed by atoms with E-state index in [0.717, 1.165) is 25.7 Å². The Bertz CT molecular complexity index is 905. The van der Waals surface area contributed by atoms with Gasteiger partial charge in [-0.05, 0) is 37.0 Å². The van der Waals surface area contributed by atoms with E-state index >= 15 is 0 Å². The van der Waals surface area contributed by atoms with Crippen molar-refractivity contribution < 1.29 is 23.5 Å². The number of nitrogens with zero attached hydrogens (tertiary/aromatic N) is 1. The van der Waals surface area contributed by atoms with Crippen molar-refractivity contribution in [3.63, 3.8) is 0 Å². The van der Waals surface area contributed by atoms with Crippen molar-refractivity contribution in [1.29, 1.82) is 0 Å². The van der Waals surface area contributed by atoms with E-state index in [9.17, 15) is 18.8 Å². The molecule has 7 nitrogen and oxygen atoms in total. The number of ether oxygens (including phenoxy) is 1. The highest BCUT2D eigenvalue weighted by Crippen LogP contribution is 2.25. The molecule has 2 amide bonds. The third kappa shape index (κ3) is 5.44. The summed E-state index contributed by atoms with van der Waals surface area (Å²) in [7, 11) is 1.54. The van der Waals surface area contributed by atoms with Gasteiger partial charge in [-0.1, -0.05) is 19.3 Å². The Kier molecular flexibility index (Phi) is 7.57. The number of ketones is 1. The maximum absolute atomic E-state index is 13.4. The first kappa shape index (κ1) is 22.0. The molecule has 0 bridgehead atoms. The Morgan fingerprint density at radius 3 is 2.73 bits per heavy atom. The molecule has 1 aromatic heterocycles. The van der Waals surface area contributed by atoms with E-state index in [0.29, 0.717) is 30.6 Å². The van der Waals surface area contributed by atoms with Crippen LogP contribution in [-0.2, 0) is 14.3 Å². The quantitative estimate of drug-likeness (QED) is 0.373. The number of carbonyl (C=O) groups excluding carboxylic acids is 3. The summed E-state index contributed by atoms with van der Waals surface area (Å²) >= 11 is 0. The van der Waals surface area contributed by atoms with Crippen molar-refractivity contribution in [2.75, 3.05) is 33.4 Å². The van der Waals surface area contributed by atoms with Crippen LogP contribution in [0.4, 0.5) is 4.39 Å². The molecule has 1 fully saturated rings. The number of Topliss-reactive ketones (excluding diaryl/α,β-unsaturated/α-hetero) is 1. The molecule has 0 radical (unpaired) electrons. The smallest absolute Gasteiger partial charge is 0.295 e. The van der Waals surface area contributed by atoms with Crippen LogP contribution in [0, 0.1) is 11.7 Å². The standard InChI is InChI=1S/C22H28FN3O4/c1-30-10-9-24-20(27)14-26(13-15-5-3-2-4-6-15)22(29)21(28)18-12-25-19-11-16(23)7-8-17(18)19/h7-8,11-12,15,25H,2-6,9-10,13-14H2,1H3,(H,24,27). The van der Waals surface area contributed by atoms with Crippen LogP contribution in [0.25, 0.3) is 10.9 Å². The van der Waals surface area contributed by atoms with Crippen LogP contribution in [0.15, 0.2) is 24.4 Å². The van der Waals surface area contributed by atoms with Gasteiger partial charge in [0.05, 0.1) is 18.7 Å². The van der Waals surface area contributed by atoms with Crippen molar-refractivity contribution >= 4 is 28.5 Å². The maximum atomic E-state index is 13.4. The Morgan fingerprint density at radius 1 is 1.23 bits per heavy atom. The number of H-pyrrole nitrogens is 1. The first-order chi connectivity index (χ1) is 14.5. The molecule has 2 aromatic rings. The fraction of sp³-hybridized carbons (Fsp3) is 0.500. The van der Waals surface area contributed by atoms with E-state index in [1.54, 1.807) is 0 Å². The number of aromatic nitrogens is 1. The summed E-state index contributed by atoms with van der Waals surface area (Å²) in [5.41, 5.74) is 0.630. The molecule has 0 atom stereocenters. The van der Waals surface area contributed by atoms with Crippen LogP contribution in [-0.4, -0.2) is 60.8 Å². The normalized spacial score (nSPS) is 14.6. The molecule has 3 rings (SSSR count). The molecule has 0 spiro atoms. The van der Waals surface area contributed by atoms with Gasteiger partial charge in [0.2, 0.25) is 5.91 Å². The van der Waals surface area contributed by atoms with E-state index < -0.39 is 17.5 Å². The van der Waals surface area contributed by atoms with Gasteiger partial charge in [0.1, 0.15) is 5.82 Å². The summed E-state index contributed by atoms with van der Waals surface area (Å²) < 4.78 is 18.4. The lowest BCUT2D eigenvalue weighted by molar-refractivity contribution is -0.133. The number of rotatable bonds is 9. The van der Waals surface area contributed by atoms with E-state index in [1.807, 2.05) is 0 Å². The second kappa shape index (κ2) is 10.3. The second-order valence-electron chi connectivity index (χ2n) is 7.75. The third-order valence-electron chi connectivity index (χ3n) is 5.54. The van der Waals surface area contributed by atoms with Crippen molar-refractivity contribution in [3.8, 4) is 0 Å². The first-order valence-electron chi connectivity index (χ1n) is 10.4. The largest absolute Gasteiger partial charge is 0.383 e. The molecule has 0 saturated heterocycles. The molecule has 162 valence electrons. The number of methoxy groups -OCH3 is 1. The minimum absolute atomic E-state index is 0.179. The van der Waals surface area contributed by atoms with Crippen molar-refractivity contribution in [2.45, 2.75) is 32.1 Å². The lowest BCUT2D eigenvalue weighted by Gasteiger charge is -2.29. The molecular weight excluding hydrogens is 389 g/mol. The number of carbonyl (C=O) groups is 3. The lowest BCUT2D eigenvalue weighted by Crippen LogP contribution is -2.46. The van der Waals surface area contributed by atoms with Gasteiger partial charge in [-0.15, -0.1) is 0 Å². The van der Waals surface area contributed by atoms with Crippen molar-refractivity contribution in [1.82, 2.24) is 15.2 Å². The molecule has 2 N–H and O–H groups in total. The Balaban J connectivity index is 1.76.